The third-order valence-electron chi connectivity index (χ3n) is 2.52. The summed E-state index contributed by atoms with van der Waals surface area (Å²) in [5, 5.41) is 0. The summed E-state index contributed by atoms with van der Waals surface area (Å²) in [6.07, 6.45) is -0.593. The van der Waals surface area contributed by atoms with Crippen LogP contribution in [0, 0.1) is 0 Å². The Balaban J connectivity index is 1.92. The maximum Gasteiger partial charge on any atom is 0.302 e. The number of rotatable bonds is 2. The van der Waals surface area contributed by atoms with Crippen LogP contribution in [0.15, 0.2) is 0 Å². The molecule has 2 rings (SSSR count). The summed E-state index contributed by atoms with van der Waals surface area (Å²) in [6, 6.07) is 0. The molecular formula is C10H15IO5. The molecule has 6 heteroatoms. The summed E-state index contributed by atoms with van der Waals surface area (Å²) >= 11 is 2.25. The van der Waals surface area contributed by atoms with Crippen molar-refractivity contribution >= 4 is 28.6 Å². The first-order valence-electron chi connectivity index (χ1n) is 5.17. The topological polar surface area (TPSA) is 54.0 Å². The van der Waals surface area contributed by atoms with Crippen LogP contribution < -0.4 is 0 Å². The van der Waals surface area contributed by atoms with Crippen molar-refractivity contribution in [3.8, 4) is 0 Å². The van der Waals surface area contributed by atoms with E-state index in [1.807, 2.05) is 13.8 Å². The predicted molar refractivity (Wildman–Crippen MR) is 63.1 cm³/mol. The third-order valence-corrected chi connectivity index (χ3v) is 4.03. The second-order valence-corrected chi connectivity index (χ2v) is 5.83. The van der Waals surface area contributed by atoms with E-state index in [1.165, 1.54) is 6.92 Å². The lowest BCUT2D eigenvalue weighted by molar-refractivity contribution is -0.208. The molecule has 0 aliphatic carbocycles. The van der Waals surface area contributed by atoms with Gasteiger partial charge in [-0.15, -0.1) is 0 Å². The average molecular weight is 342 g/mol. The van der Waals surface area contributed by atoms with Crippen LogP contribution in [-0.2, 0) is 23.7 Å². The quantitative estimate of drug-likeness (QED) is 0.429. The second-order valence-electron chi connectivity index (χ2n) is 4.39. The van der Waals surface area contributed by atoms with Crippen LogP contribution in [0.2, 0.25) is 0 Å². The lowest BCUT2D eigenvalue weighted by atomic mass is 10.2. The Morgan fingerprint density at radius 1 is 1.44 bits per heavy atom. The maximum atomic E-state index is 10.7. The number of halogens is 1. The summed E-state index contributed by atoms with van der Waals surface area (Å²) in [5.41, 5.74) is 0. The fourth-order valence-electron chi connectivity index (χ4n) is 1.87. The van der Waals surface area contributed by atoms with E-state index in [0.29, 0.717) is 0 Å². The van der Waals surface area contributed by atoms with Crippen LogP contribution in [-0.4, -0.2) is 40.8 Å². The Labute approximate surface area is 108 Å². The van der Waals surface area contributed by atoms with Crippen molar-refractivity contribution in [2.45, 2.75) is 49.0 Å². The zero-order chi connectivity index (χ0) is 11.9. The molecule has 2 saturated heterocycles. The van der Waals surface area contributed by atoms with Gasteiger partial charge in [-0.25, -0.2) is 0 Å². The van der Waals surface area contributed by atoms with Gasteiger partial charge in [-0.3, -0.25) is 4.79 Å². The molecule has 0 aromatic carbocycles. The molecule has 0 N–H and O–H groups in total. The number of ether oxygens (including phenoxy) is 4. The van der Waals surface area contributed by atoms with Crippen molar-refractivity contribution in [3.63, 3.8) is 0 Å². The van der Waals surface area contributed by atoms with E-state index >= 15 is 0 Å². The van der Waals surface area contributed by atoms with Gasteiger partial charge in [0.05, 0.1) is 3.92 Å². The van der Waals surface area contributed by atoms with Gasteiger partial charge < -0.3 is 18.9 Å². The zero-order valence-electron chi connectivity index (χ0n) is 9.44. The summed E-state index contributed by atoms with van der Waals surface area (Å²) in [7, 11) is 0. The first-order chi connectivity index (χ1) is 7.39. The van der Waals surface area contributed by atoms with Gasteiger partial charge in [-0.1, -0.05) is 22.6 Å². The van der Waals surface area contributed by atoms with Crippen LogP contribution in [0.1, 0.15) is 20.8 Å². The molecule has 0 spiro atoms. The van der Waals surface area contributed by atoms with Crippen molar-refractivity contribution in [1.29, 1.82) is 0 Å². The molecule has 4 atom stereocenters. The molecule has 0 amide bonds. The van der Waals surface area contributed by atoms with Gasteiger partial charge in [0.1, 0.15) is 18.8 Å². The van der Waals surface area contributed by atoms with Gasteiger partial charge in [0.2, 0.25) is 0 Å². The zero-order valence-corrected chi connectivity index (χ0v) is 11.6. The lowest BCUT2D eigenvalue weighted by Gasteiger charge is -2.22. The van der Waals surface area contributed by atoms with Gasteiger partial charge in [-0.05, 0) is 13.8 Å². The number of hydrogen-bond acceptors (Lipinski definition) is 5. The Morgan fingerprint density at radius 3 is 2.69 bits per heavy atom. The van der Waals surface area contributed by atoms with E-state index < -0.39 is 5.79 Å². The third kappa shape index (κ3) is 2.49. The Bertz CT molecular complexity index is 293. The highest BCUT2D eigenvalue weighted by Crippen LogP contribution is 2.40. The first-order valence-corrected chi connectivity index (χ1v) is 6.42. The highest BCUT2D eigenvalue weighted by molar-refractivity contribution is 14.1. The minimum absolute atomic E-state index is 0.0869. The van der Waals surface area contributed by atoms with Crippen LogP contribution in [0.3, 0.4) is 0 Å². The molecule has 92 valence electrons. The monoisotopic (exact) mass is 342 g/mol. The number of alkyl halides is 1. The molecule has 0 radical (unpaired) electrons. The average Bonchev–Trinajstić information content (AvgIpc) is 2.58. The maximum absolute atomic E-state index is 10.7. The Morgan fingerprint density at radius 2 is 2.12 bits per heavy atom. The summed E-state index contributed by atoms with van der Waals surface area (Å²) in [4.78, 5) is 10.7. The van der Waals surface area contributed by atoms with Crippen LogP contribution >= 0.6 is 22.6 Å². The van der Waals surface area contributed by atoms with E-state index in [0.717, 1.165) is 0 Å². The number of carbonyl (C=O) groups is 1. The fourth-order valence-corrected chi connectivity index (χ4v) is 2.73. The molecule has 2 aliphatic heterocycles. The van der Waals surface area contributed by atoms with E-state index in [-0.39, 0.29) is 35.0 Å². The SMILES string of the molecule is CC(=O)OC[C@H]1OC2OC(C)(C)O[C@@H]2[C@H]1I. The number of carbonyl (C=O) groups excluding carboxylic acids is 1. The highest BCUT2D eigenvalue weighted by atomic mass is 127. The Hall–Kier alpha value is 0.0800. The normalized spacial score (nSPS) is 40.8. The number of fused-ring (bicyclic) bond motifs is 1. The summed E-state index contributed by atoms with van der Waals surface area (Å²) in [5.74, 6) is -0.892. The number of esters is 1. The molecule has 1 unspecified atom stereocenters. The summed E-state index contributed by atoms with van der Waals surface area (Å²) in [6.45, 7) is 5.36. The molecule has 2 aliphatic rings. The molecule has 0 aromatic heterocycles. The molecule has 0 aromatic rings. The van der Waals surface area contributed by atoms with Crippen molar-refractivity contribution in [2.24, 2.45) is 0 Å². The smallest absolute Gasteiger partial charge is 0.302 e. The molecule has 16 heavy (non-hydrogen) atoms. The van der Waals surface area contributed by atoms with Crippen molar-refractivity contribution in [1.82, 2.24) is 0 Å². The Kier molecular flexibility index (Phi) is 3.44. The fraction of sp³-hybridized carbons (Fsp3) is 0.900. The molecule has 5 nitrogen and oxygen atoms in total. The van der Waals surface area contributed by atoms with Crippen LogP contribution in [0.5, 0.6) is 0 Å². The van der Waals surface area contributed by atoms with Gasteiger partial charge >= 0.3 is 5.97 Å². The van der Waals surface area contributed by atoms with E-state index in [1.54, 1.807) is 0 Å². The lowest BCUT2D eigenvalue weighted by Crippen LogP contribution is -2.33. The highest BCUT2D eigenvalue weighted by Gasteiger charge is 2.53. The van der Waals surface area contributed by atoms with E-state index in [4.69, 9.17) is 18.9 Å². The van der Waals surface area contributed by atoms with Crippen molar-refractivity contribution in [2.75, 3.05) is 6.61 Å². The van der Waals surface area contributed by atoms with Crippen LogP contribution in [0.25, 0.3) is 0 Å². The molecular weight excluding hydrogens is 327 g/mol. The molecule has 2 fully saturated rings. The van der Waals surface area contributed by atoms with E-state index in [2.05, 4.69) is 22.6 Å². The van der Waals surface area contributed by atoms with Crippen LogP contribution in [0.4, 0.5) is 0 Å². The van der Waals surface area contributed by atoms with Gasteiger partial charge in [0.25, 0.3) is 0 Å². The minimum atomic E-state index is -0.592. The standard InChI is InChI=1S/C10H15IO5/c1-5(12)13-4-6-7(11)8-9(14-6)16-10(2,3)15-8/h6-9H,4H2,1-3H3/t6-,7+,8-,9?/m1/s1. The van der Waals surface area contributed by atoms with Gasteiger partial charge in [-0.2, -0.15) is 0 Å². The molecule has 2 heterocycles. The second kappa shape index (κ2) is 4.40. The van der Waals surface area contributed by atoms with E-state index in [9.17, 15) is 4.79 Å². The largest absolute Gasteiger partial charge is 0.463 e. The molecule has 0 saturated carbocycles. The predicted octanol–water partition coefficient (Wildman–Crippen LogP) is 1.23. The first kappa shape index (κ1) is 12.5. The van der Waals surface area contributed by atoms with Gasteiger partial charge in [0.15, 0.2) is 12.1 Å². The summed E-state index contributed by atoms with van der Waals surface area (Å²) < 4.78 is 22.0. The van der Waals surface area contributed by atoms with Gasteiger partial charge in [0, 0.05) is 6.92 Å². The minimum Gasteiger partial charge on any atom is -0.463 e. The molecule has 0 bridgehead atoms. The number of hydrogen-bond donors (Lipinski definition) is 0. The van der Waals surface area contributed by atoms with Crippen molar-refractivity contribution in [3.05, 3.63) is 0 Å². The van der Waals surface area contributed by atoms with Crippen molar-refractivity contribution < 1.29 is 23.7 Å².